The van der Waals surface area contributed by atoms with E-state index in [1.165, 1.54) is 5.57 Å². The molecule has 1 fully saturated rings. The molecule has 4 rings (SSSR count). The van der Waals surface area contributed by atoms with E-state index in [1.54, 1.807) is 13.8 Å². The molecule has 1 spiro atoms. The number of ether oxygens (including phenoxy) is 1. The van der Waals surface area contributed by atoms with Gasteiger partial charge in [-0.3, -0.25) is 4.79 Å². The van der Waals surface area contributed by atoms with Crippen LogP contribution in [0.5, 0.6) is 0 Å². The van der Waals surface area contributed by atoms with E-state index >= 15 is 0 Å². The van der Waals surface area contributed by atoms with E-state index < -0.39 is 11.6 Å². The molecule has 26 heavy (non-hydrogen) atoms. The molecule has 0 bridgehead atoms. The second kappa shape index (κ2) is 5.49. The molecule has 5 heteroatoms. The molecule has 1 saturated carbocycles. The second-order valence-electron chi connectivity index (χ2n) is 8.18. The number of carbonyl (C=O) groups excluding carboxylic acids is 2. The van der Waals surface area contributed by atoms with Crippen molar-refractivity contribution in [2.45, 2.75) is 71.4 Å². The number of cyclic esters (lactones) is 1. The van der Waals surface area contributed by atoms with Crippen LogP contribution in [0.3, 0.4) is 0 Å². The van der Waals surface area contributed by atoms with Gasteiger partial charge in [0.15, 0.2) is 11.7 Å². The minimum atomic E-state index is -1.30. The zero-order valence-corrected chi connectivity index (χ0v) is 15.8. The van der Waals surface area contributed by atoms with E-state index in [1.807, 2.05) is 13.0 Å². The van der Waals surface area contributed by atoms with Crippen LogP contribution >= 0.6 is 0 Å². The van der Waals surface area contributed by atoms with Gasteiger partial charge in [-0.25, -0.2) is 9.79 Å². The molecule has 0 aromatic carbocycles. The van der Waals surface area contributed by atoms with Gasteiger partial charge < -0.3 is 9.84 Å². The van der Waals surface area contributed by atoms with Crippen molar-refractivity contribution >= 4 is 17.7 Å². The first-order chi connectivity index (χ1) is 12.2. The summed E-state index contributed by atoms with van der Waals surface area (Å²) >= 11 is 0. The number of allylic oxidation sites excluding steroid dienone is 4. The molecular formula is C21H25NO4. The summed E-state index contributed by atoms with van der Waals surface area (Å²) in [6.07, 6.45) is 5.88. The monoisotopic (exact) mass is 355 g/mol. The molecule has 4 aliphatic rings. The van der Waals surface area contributed by atoms with E-state index in [2.05, 4.69) is 11.9 Å². The average Bonchev–Trinajstić information content (AvgIpc) is 3.25. The fourth-order valence-electron chi connectivity index (χ4n) is 4.76. The largest absolute Gasteiger partial charge is 0.410 e. The van der Waals surface area contributed by atoms with Gasteiger partial charge in [0.2, 0.25) is 0 Å². The van der Waals surface area contributed by atoms with Crippen molar-refractivity contribution in [3.63, 3.8) is 0 Å². The Kier molecular flexibility index (Phi) is 3.68. The zero-order valence-electron chi connectivity index (χ0n) is 15.8. The Bertz CT molecular complexity index is 849. The van der Waals surface area contributed by atoms with E-state index in [4.69, 9.17) is 4.74 Å². The summed E-state index contributed by atoms with van der Waals surface area (Å²) in [5.74, 6) is 0.0846. The molecule has 3 aliphatic carbocycles. The molecule has 0 amide bonds. The molecular weight excluding hydrogens is 330 g/mol. The highest BCUT2D eigenvalue weighted by Crippen LogP contribution is 2.65. The first-order valence-corrected chi connectivity index (χ1v) is 9.38. The normalized spacial score (nSPS) is 32.1. The van der Waals surface area contributed by atoms with Crippen LogP contribution in [0.25, 0.3) is 0 Å². The van der Waals surface area contributed by atoms with Crippen LogP contribution in [0.15, 0.2) is 38.9 Å². The standard InChI is InChI=1S/C21H25NO4/c1-11-10-15-17(12(2)21(8-9-21)20(4,25)18(15)23)14(11)6-5-7-16-22-13(3)19(24)26-16/h10,13,25H,5-9H2,1-4H3/t13?,20-/m0/s1. The predicted octanol–water partition coefficient (Wildman–Crippen LogP) is 3.19. The molecule has 0 saturated heterocycles. The molecule has 1 N–H and O–H groups in total. The SMILES string of the molecule is CC1=C(CCCC2=NC(C)C(=O)O2)C2=C(C)C3(CC3)[C@@](C)(O)C(=O)C2=C1. The highest BCUT2D eigenvalue weighted by atomic mass is 16.6. The van der Waals surface area contributed by atoms with Gasteiger partial charge >= 0.3 is 5.97 Å². The number of hydrogen-bond donors (Lipinski definition) is 1. The van der Waals surface area contributed by atoms with Gasteiger partial charge in [-0.1, -0.05) is 5.57 Å². The number of Topliss-reactive ketones (excluding diaryl/α,β-unsaturated/α-hetero) is 1. The second-order valence-corrected chi connectivity index (χ2v) is 8.18. The Morgan fingerprint density at radius 2 is 1.96 bits per heavy atom. The smallest absolute Gasteiger partial charge is 0.337 e. The summed E-state index contributed by atoms with van der Waals surface area (Å²) in [5, 5.41) is 10.9. The molecule has 1 aliphatic heterocycles. The van der Waals surface area contributed by atoms with E-state index in [0.717, 1.165) is 42.4 Å². The van der Waals surface area contributed by atoms with Crippen molar-refractivity contribution in [3.05, 3.63) is 33.9 Å². The lowest BCUT2D eigenvalue weighted by molar-refractivity contribution is -0.137. The van der Waals surface area contributed by atoms with Crippen molar-refractivity contribution in [2.24, 2.45) is 10.4 Å². The first-order valence-electron chi connectivity index (χ1n) is 9.38. The number of hydrogen-bond acceptors (Lipinski definition) is 5. The van der Waals surface area contributed by atoms with Gasteiger partial charge in [0, 0.05) is 17.4 Å². The van der Waals surface area contributed by atoms with Crippen molar-refractivity contribution < 1.29 is 19.4 Å². The van der Waals surface area contributed by atoms with Crippen LogP contribution in [0.1, 0.15) is 59.8 Å². The van der Waals surface area contributed by atoms with E-state index in [-0.39, 0.29) is 17.2 Å². The number of nitrogens with zero attached hydrogens (tertiary/aromatic N) is 1. The fourth-order valence-corrected chi connectivity index (χ4v) is 4.76. The Morgan fingerprint density at radius 3 is 2.54 bits per heavy atom. The minimum absolute atomic E-state index is 0.145. The first kappa shape index (κ1) is 17.4. The van der Waals surface area contributed by atoms with Crippen LogP contribution in [0, 0.1) is 5.41 Å². The third-order valence-electron chi connectivity index (χ3n) is 6.58. The fraction of sp³-hybridized carbons (Fsp3) is 0.571. The number of fused-ring (bicyclic) bond motifs is 1. The summed E-state index contributed by atoms with van der Waals surface area (Å²) in [7, 11) is 0. The van der Waals surface area contributed by atoms with Crippen molar-refractivity contribution in [2.75, 3.05) is 0 Å². The summed E-state index contributed by atoms with van der Waals surface area (Å²) in [4.78, 5) is 28.6. The van der Waals surface area contributed by atoms with E-state index in [0.29, 0.717) is 17.9 Å². The van der Waals surface area contributed by atoms with Gasteiger partial charge in [0.05, 0.1) is 0 Å². The Labute approximate surface area is 153 Å². The molecule has 2 atom stereocenters. The average molecular weight is 355 g/mol. The maximum absolute atomic E-state index is 12.9. The number of carbonyl (C=O) groups is 2. The van der Waals surface area contributed by atoms with Crippen LogP contribution in [0.2, 0.25) is 0 Å². The van der Waals surface area contributed by atoms with Gasteiger partial charge in [-0.05, 0) is 76.2 Å². The number of aliphatic hydroxyl groups is 1. The van der Waals surface area contributed by atoms with Crippen molar-refractivity contribution in [3.8, 4) is 0 Å². The lowest BCUT2D eigenvalue weighted by Gasteiger charge is -2.39. The molecule has 5 nitrogen and oxygen atoms in total. The maximum Gasteiger partial charge on any atom is 0.337 e. The van der Waals surface area contributed by atoms with Crippen molar-refractivity contribution in [1.29, 1.82) is 0 Å². The summed E-state index contributed by atoms with van der Waals surface area (Å²) in [6.45, 7) is 7.50. The van der Waals surface area contributed by atoms with Crippen LogP contribution < -0.4 is 0 Å². The predicted molar refractivity (Wildman–Crippen MR) is 97.6 cm³/mol. The zero-order chi connectivity index (χ0) is 18.9. The summed E-state index contributed by atoms with van der Waals surface area (Å²) < 4.78 is 5.16. The summed E-state index contributed by atoms with van der Waals surface area (Å²) in [5.41, 5.74) is 3.46. The van der Waals surface area contributed by atoms with E-state index in [9.17, 15) is 14.7 Å². The third kappa shape index (κ3) is 2.22. The Hall–Kier alpha value is -2.01. The molecule has 1 heterocycles. The topological polar surface area (TPSA) is 76.0 Å². The summed E-state index contributed by atoms with van der Waals surface area (Å²) in [6, 6.07) is -0.399. The Balaban J connectivity index is 1.56. The van der Waals surface area contributed by atoms with Gasteiger partial charge in [-0.2, -0.15) is 0 Å². The van der Waals surface area contributed by atoms with Gasteiger partial charge in [0.1, 0.15) is 11.6 Å². The third-order valence-corrected chi connectivity index (χ3v) is 6.58. The molecule has 0 radical (unpaired) electrons. The Morgan fingerprint density at radius 1 is 1.27 bits per heavy atom. The highest BCUT2D eigenvalue weighted by Gasteiger charge is 2.64. The van der Waals surface area contributed by atoms with Gasteiger partial charge in [0.25, 0.3) is 0 Å². The molecule has 0 aromatic heterocycles. The minimum Gasteiger partial charge on any atom is -0.410 e. The maximum atomic E-state index is 12.9. The number of rotatable bonds is 4. The van der Waals surface area contributed by atoms with Crippen LogP contribution in [-0.4, -0.2) is 34.4 Å². The lowest BCUT2D eigenvalue weighted by Crippen LogP contribution is -2.49. The van der Waals surface area contributed by atoms with Gasteiger partial charge in [-0.15, -0.1) is 0 Å². The molecule has 1 unspecified atom stereocenters. The molecule has 0 aromatic rings. The highest BCUT2D eigenvalue weighted by molar-refractivity contribution is 6.10. The quantitative estimate of drug-likeness (QED) is 0.786. The lowest BCUT2D eigenvalue weighted by atomic mass is 9.67. The number of ketones is 1. The number of aliphatic imine (C=N–C) groups is 1. The van der Waals surface area contributed by atoms with Crippen LogP contribution in [-0.2, 0) is 14.3 Å². The van der Waals surface area contributed by atoms with Crippen molar-refractivity contribution in [1.82, 2.24) is 0 Å². The number of esters is 1. The molecule has 138 valence electrons. The van der Waals surface area contributed by atoms with Crippen LogP contribution in [0.4, 0.5) is 0 Å².